The molecule has 3 aromatic rings. The fourth-order valence-electron chi connectivity index (χ4n) is 2.89. The molecule has 0 aliphatic carbocycles. The van der Waals surface area contributed by atoms with E-state index < -0.39 is 0 Å². The van der Waals surface area contributed by atoms with Gasteiger partial charge in [0.05, 0.1) is 6.20 Å². The molecule has 1 amide bonds. The molecular formula is C21H27N5O2. The minimum atomic E-state index is -0.219. The van der Waals surface area contributed by atoms with Gasteiger partial charge in [0.25, 0.3) is 5.91 Å². The summed E-state index contributed by atoms with van der Waals surface area (Å²) in [7, 11) is 0. The van der Waals surface area contributed by atoms with E-state index in [4.69, 9.17) is 4.74 Å². The maximum absolute atomic E-state index is 12.3. The summed E-state index contributed by atoms with van der Waals surface area (Å²) in [6.07, 6.45) is 3.52. The molecule has 2 aromatic heterocycles. The lowest BCUT2D eigenvalue weighted by Gasteiger charge is -2.09. The molecule has 3 rings (SSSR count). The van der Waals surface area contributed by atoms with Crippen LogP contribution in [0, 0.1) is 6.92 Å². The first kappa shape index (κ1) is 19.7. The van der Waals surface area contributed by atoms with E-state index in [1.807, 2.05) is 30.7 Å². The standard InChI is InChI=1S/C21H27N5O2/c1-5-26-16(4)18(13-23-26)12-22-21(27)20-10-11-25(24-20)14-28-19-8-6-17(7-9-19)15(2)3/h6-11,13,15H,5,12,14H2,1-4H3,(H,22,27). The number of nitrogens with zero attached hydrogens (tertiary/aromatic N) is 4. The highest BCUT2D eigenvalue weighted by atomic mass is 16.5. The van der Waals surface area contributed by atoms with E-state index in [-0.39, 0.29) is 12.6 Å². The number of rotatable bonds is 8. The Morgan fingerprint density at radius 3 is 2.61 bits per heavy atom. The third kappa shape index (κ3) is 4.60. The topological polar surface area (TPSA) is 74.0 Å². The molecule has 1 aromatic carbocycles. The summed E-state index contributed by atoms with van der Waals surface area (Å²) in [6.45, 7) is 9.83. The zero-order chi connectivity index (χ0) is 20.1. The predicted octanol–water partition coefficient (Wildman–Crippen LogP) is 3.50. The van der Waals surface area contributed by atoms with Gasteiger partial charge in [-0.25, -0.2) is 4.68 Å². The van der Waals surface area contributed by atoms with Gasteiger partial charge in [-0.05, 0) is 43.5 Å². The summed E-state index contributed by atoms with van der Waals surface area (Å²) in [6, 6.07) is 9.70. The molecule has 0 unspecified atom stereocenters. The van der Waals surface area contributed by atoms with Crippen molar-refractivity contribution >= 4 is 5.91 Å². The summed E-state index contributed by atoms with van der Waals surface area (Å²) in [4.78, 5) is 12.3. The van der Waals surface area contributed by atoms with Gasteiger partial charge in [-0.15, -0.1) is 0 Å². The first-order valence-corrected chi connectivity index (χ1v) is 9.53. The zero-order valence-corrected chi connectivity index (χ0v) is 16.8. The Hall–Kier alpha value is -3.09. The quantitative estimate of drug-likeness (QED) is 0.648. The van der Waals surface area contributed by atoms with Crippen molar-refractivity contribution in [3.05, 3.63) is 65.2 Å². The van der Waals surface area contributed by atoms with Crippen LogP contribution in [0.25, 0.3) is 0 Å². The summed E-state index contributed by atoms with van der Waals surface area (Å²) >= 11 is 0. The number of hydrogen-bond donors (Lipinski definition) is 1. The molecular weight excluding hydrogens is 354 g/mol. The normalized spacial score (nSPS) is 11.0. The summed E-state index contributed by atoms with van der Waals surface area (Å²) in [5.41, 5.74) is 3.69. The third-order valence-electron chi connectivity index (χ3n) is 4.73. The Labute approximate surface area is 165 Å². The fraction of sp³-hybridized carbons (Fsp3) is 0.381. The molecule has 0 aliphatic rings. The molecule has 1 N–H and O–H groups in total. The van der Waals surface area contributed by atoms with Crippen LogP contribution >= 0.6 is 0 Å². The van der Waals surface area contributed by atoms with Gasteiger partial charge < -0.3 is 10.1 Å². The van der Waals surface area contributed by atoms with Crippen LogP contribution in [0.5, 0.6) is 5.75 Å². The molecule has 28 heavy (non-hydrogen) atoms. The maximum Gasteiger partial charge on any atom is 0.272 e. The van der Waals surface area contributed by atoms with Crippen molar-refractivity contribution in [2.45, 2.75) is 53.4 Å². The Morgan fingerprint density at radius 1 is 1.21 bits per heavy atom. The number of carbonyl (C=O) groups excluding carboxylic acids is 1. The van der Waals surface area contributed by atoms with E-state index in [0.717, 1.165) is 23.6 Å². The monoisotopic (exact) mass is 381 g/mol. The number of benzene rings is 1. The minimum absolute atomic E-state index is 0.219. The first-order chi connectivity index (χ1) is 13.5. The van der Waals surface area contributed by atoms with E-state index in [1.165, 1.54) is 5.56 Å². The molecule has 0 radical (unpaired) electrons. The van der Waals surface area contributed by atoms with Crippen LogP contribution in [0.2, 0.25) is 0 Å². The maximum atomic E-state index is 12.3. The van der Waals surface area contributed by atoms with Gasteiger partial charge in [0.1, 0.15) is 11.4 Å². The number of amides is 1. The highest BCUT2D eigenvalue weighted by Crippen LogP contribution is 2.18. The SMILES string of the molecule is CCn1ncc(CNC(=O)c2ccn(COc3ccc(C(C)C)cc3)n2)c1C. The molecule has 0 fully saturated rings. The van der Waals surface area contributed by atoms with E-state index in [0.29, 0.717) is 18.2 Å². The third-order valence-corrected chi connectivity index (χ3v) is 4.73. The first-order valence-electron chi connectivity index (χ1n) is 9.53. The molecule has 0 bridgehead atoms. The van der Waals surface area contributed by atoms with Crippen molar-refractivity contribution in [2.24, 2.45) is 0 Å². The van der Waals surface area contributed by atoms with E-state index in [1.54, 1.807) is 23.1 Å². The summed E-state index contributed by atoms with van der Waals surface area (Å²) < 4.78 is 9.24. The number of ether oxygens (including phenoxy) is 1. The molecule has 0 saturated carbocycles. The van der Waals surface area contributed by atoms with Gasteiger partial charge in [0.2, 0.25) is 0 Å². The van der Waals surface area contributed by atoms with Crippen molar-refractivity contribution < 1.29 is 9.53 Å². The molecule has 0 aliphatic heterocycles. The lowest BCUT2D eigenvalue weighted by Crippen LogP contribution is -2.24. The lowest BCUT2D eigenvalue weighted by atomic mass is 10.0. The van der Waals surface area contributed by atoms with Crippen molar-refractivity contribution in [3.8, 4) is 5.75 Å². The Bertz CT molecular complexity index is 925. The second-order valence-corrected chi connectivity index (χ2v) is 6.99. The van der Waals surface area contributed by atoms with Crippen LogP contribution in [0.15, 0.2) is 42.7 Å². The second-order valence-electron chi connectivity index (χ2n) is 6.99. The molecule has 7 nitrogen and oxygen atoms in total. The number of nitrogens with one attached hydrogen (secondary N) is 1. The average Bonchev–Trinajstić information content (AvgIpc) is 3.31. The Balaban J connectivity index is 1.52. The molecule has 0 saturated heterocycles. The van der Waals surface area contributed by atoms with Gasteiger partial charge in [-0.1, -0.05) is 26.0 Å². The highest BCUT2D eigenvalue weighted by Gasteiger charge is 2.12. The summed E-state index contributed by atoms with van der Waals surface area (Å²) in [5.74, 6) is 1.04. The Kier molecular flexibility index (Phi) is 6.13. The lowest BCUT2D eigenvalue weighted by molar-refractivity contribution is 0.0944. The molecule has 0 spiro atoms. The van der Waals surface area contributed by atoms with Crippen LogP contribution in [-0.4, -0.2) is 25.5 Å². The van der Waals surface area contributed by atoms with Crippen LogP contribution in [0.3, 0.4) is 0 Å². The number of hydrogen-bond acceptors (Lipinski definition) is 4. The number of carbonyl (C=O) groups is 1. The van der Waals surface area contributed by atoms with Crippen molar-refractivity contribution in [3.63, 3.8) is 0 Å². The minimum Gasteiger partial charge on any atom is -0.471 e. The van der Waals surface area contributed by atoms with E-state index in [2.05, 4.69) is 41.5 Å². The van der Waals surface area contributed by atoms with Crippen molar-refractivity contribution in [2.75, 3.05) is 0 Å². The largest absolute Gasteiger partial charge is 0.471 e. The number of aryl methyl sites for hydroxylation is 1. The van der Waals surface area contributed by atoms with Gasteiger partial charge in [0.15, 0.2) is 6.73 Å². The number of aromatic nitrogens is 4. The van der Waals surface area contributed by atoms with Crippen LogP contribution in [0.1, 0.15) is 54.0 Å². The Morgan fingerprint density at radius 2 is 1.96 bits per heavy atom. The van der Waals surface area contributed by atoms with Gasteiger partial charge >= 0.3 is 0 Å². The predicted molar refractivity (Wildman–Crippen MR) is 107 cm³/mol. The van der Waals surface area contributed by atoms with Crippen LogP contribution < -0.4 is 10.1 Å². The molecule has 0 atom stereocenters. The van der Waals surface area contributed by atoms with Gasteiger partial charge in [0, 0.05) is 30.5 Å². The fourth-order valence-corrected chi connectivity index (χ4v) is 2.89. The highest BCUT2D eigenvalue weighted by molar-refractivity contribution is 5.92. The van der Waals surface area contributed by atoms with E-state index >= 15 is 0 Å². The van der Waals surface area contributed by atoms with Gasteiger partial charge in [-0.3, -0.25) is 9.48 Å². The van der Waals surface area contributed by atoms with E-state index in [9.17, 15) is 4.79 Å². The smallest absolute Gasteiger partial charge is 0.272 e. The second kappa shape index (κ2) is 8.73. The molecule has 2 heterocycles. The molecule has 7 heteroatoms. The zero-order valence-electron chi connectivity index (χ0n) is 16.8. The van der Waals surface area contributed by atoms with Gasteiger partial charge in [-0.2, -0.15) is 10.2 Å². The van der Waals surface area contributed by atoms with Crippen molar-refractivity contribution in [1.82, 2.24) is 24.9 Å². The van der Waals surface area contributed by atoms with Crippen LogP contribution in [0.4, 0.5) is 0 Å². The summed E-state index contributed by atoms with van der Waals surface area (Å²) in [5, 5.41) is 11.5. The van der Waals surface area contributed by atoms with Crippen molar-refractivity contribution in [1.29, 1.82) is 0 Å². The molecule has 148 valence electrons. The average molecular weight is 381 g/mol. The van der Waals surface area contributed by atoms with Crippen LogP contribution in [-0.2, 0) is 19.8 Å².